The smallest absolute Gasteiger partial charge is 0.259 e. The molecular formula is C24H23ClN6O3S. The summed E-state index contributed by atoms with van der Waals surface area (Å²) in [7, 11) is 1.53. The number of aliphatic hydroxyl groups is 1. The number of anilines is 1. The van der Waals surface area contributed by atoms with Crippen molar-refractivity contribution < 1.29 is 14.6 Å². The number of aliphatic hydroxyl groups excluding tert-OH is 1. The van der Waals surface area contributed by atoms with Gasteiger partial charge in [0.2, 0.25) is 0 Å². The highest BCUT2D eigenvalue weighted by Crippen LogP contribution is 2.38. The first-order valence-corrected chi connectivity index (χ1v) is 12.4. The first kappa shape index (κ1) is 23.5. The number of methoxy groups -OCH3 is 1. The number of carbonyl (C=O) groups excluding carboxylic acids is 1. The first-order chi connectivity index (χ1) is 16.9. The Hall–Kier alpha value is -3.21. The van der Waals surface area contributed by atoms with Crippen LogP contribution < -0.4 is 10.1 Å². The number of nitrogens with one attached hydrogen (secondary N) is 1. The van der Waals surface area contributed by atoms with Gasteiger partial charge in [0, 0.05) is 35.5 Å². The van der Waals surface area contributed by atoms with Crippen LogP contribution in [0.2, 0.25) is 5.15 Å². The number of amides is 1. The number of aromatic nitrogens is 5. The second kappa shape index (κ2) is 9.80. The van der Waals surface area contributed by atoms with E-state index in [-0.39, 0.29) is 23.6 Å². The monoisotopic (exact) mass is 510 g/mol. The summed E-state index contributed by atoms with van der Waals surface area (Å²) in [4.78, 5) is 36.0. The van der Waals surface area contributed by atoms with Crippen molar-refractivity contribution in [3.63, 3.8) is 0 Å². The number of carbonyl (C=O) groups is 1. The molecule has 180 valence electrons. The molecule has 5 rings (SSSR count). The third-order valence-corrected chi connectivity index (χ3v) is 7.27. The van der Waals surface area contributed by atoms with Gasteiger partial charge in [-0.1, -0.05) is 22.9 Å². The Morgan fingerprint density at radius 1 is 1.17 bits per heavy atom. The molecule has 4 aromatic heterocycles. The lowest BCUT2D eigenvalue weighted by molar-refractivity contribution is 0.102. The lowest BCUT2D eigenvalue weighted by Gasteiger charge is -2.13. The molecule has 35 heavy (non-hydrogen) atoms. The van der Waals surface area contributed by atoms with Crippen molar-refractivity contribution in [1.82, 2.24) is 24.9 Å². The number of thiazole rings is 1. The molecule has 2 unspecified atom stereocenters. The minimum Gasteiger partial charge on any atom is -0.494 e. The fourth-order valence-corrected chi connectivity index (χ4v) is 5.37. The van der Waals surface area contributed by atoms with E-state index in [1.54, 1.807) is 18.3 Å². The Bertz CT molecular complexity index is 1410. The number of rotatable bonds is 6. The predicted octanol–water partition coefficient (Wildman–Crippen LogP) is 4.64. The zero-order valence-electron chi connectivity index (χ0n) is 19.2. The predicted molar refractivity (Wildman–Crippen MR) is 134 cm³/mol. The molecular weight excluding hydrogens is 488 g/mol. The van der Waals surface area contributed by atoms with Gasteiger partial charge in [-0.25, -0.2) is 15.0 Å². The molecule has 4 aromatic rings. The van der Waals surface area contributed by atoms with Gasteiger partial charge in [0.1, 0.15) is 10.9 Å². The number of hydrogen-bond acceptors (Lipinski definition) is 9. The summed E-state index contributed by atoms with van der Waals surface area (Å²) in [6.45, 7) is 2.05. The molecule has 1 saturated carbocycles. The summed E-state index contributed by atoms with van der Waals surface area (Å²) >= 11 is 7.40. The van der Waals surface area contributed by atoms with Gasteiger partial charge in [0.15, 0.2) is 15.6 Å². The maximum Gasteiger partial charge on any atom is 0.259 e. The highest BCUT2D eigenvalue weighted by Gasteiger charge is 2.27. The van der Waals surface area contributed by atoms with Crippen LogP contribution in [0, 0.1) is 12.8 Å². The van der Waals surface area contributed by atoms with Crippen molar-refractivity contribution >= 4 is 44.5 Å². The Balaban J connectivity index is 1.43. The van der Waals surface area contributed by atoms with Crippen molar-refractivity contribution in [2.24, 2.45) is 5.92 Å². The van der Waals surface area contributed by atoms with Gasteiger partial charge in [-0.05, 0) is 44.2 Å². The number of pyridine rings is 2. The average Bonchev–Trinajstić information content (AvgIpc) is 3.50. The van der Waals surface area contributed by atoms with Crippen molar-refractivity contribution in [1.29, 1.82) is 0 Å². The highest BCUT2D eigenvalue weighted by molar-refractivity contribution is 7.21. The standard InChI is InChI=1S/C24H23ClN6O3S/c1-12-5-15(16-7-20(25)27-10-19(16)34-2)17(8-26-12)22(33)31-24-30-21-23(35-24)29-18(9-28-21)14-4-3-13(6-14)11-32/h5,7-10,13-14,32H,3-4,6,11H2,1-2H3,(H,28,30,31,33). The number of ether oxygens (including phenoxy) is 1. The second-order valence-corrected chi connectivity index (χ2v) is 9.90. The number of nitrogens with zero attached hydrogens (tertiary/aromatic N) is 5. The Kier molecular flexibility index (Phi) is 6.59. The SMILES string of the molecule is COc1cnc(Cl)cc1-c1cc(C)ncc1C(=O)Nc1nc2ncc(C3CCC(CO)C3)nc2s1. The molecule has 2 N–H and O–H groups in total. The maximum atomic E-state index is 13.3. The van der Waals surface area contributed by atoms with E-state index in [0.29, 0.717) is 44.0 Å². The zero-order valence-corrected chi connectivity index (χ0v) is 20.7. The van der Waals surface area contributed by atoms with Crippen LogP contribution in [-0.2, 0) is 0 Å². The average molecular weight is 511 g/mol. The Morgan fingerprint density at radius 3 is 2.80 bits per heavy atom. The molecule has 1 amide bonds. The van der Waals surface area contributed by atoms with Crippen LogP contribution >= 0.6 is 22.9 Å². The number of fused-ring (bicyclic) bond motifs is 1. The summed E-state index contributed by atoms with van der Waals surface area (Å²) in [5.41, 5.74) is 3.73. The minimum absolute atomic E-state index is 0.205. The lowest BCUT2D eigenvalue weighted by Crippen LogP contribution is -2.14. The third kappa shape index (κ3) is 4.82. The van der Waals surface area contributed by atoms with E-state index in [4.69, 9.17) is 21.3 Å². The van der Waals surface area contributed by atoms with E-state index in [1.807, 2.05) is 6.92 Å². The summed E-state index contributed by atoms with van der Waals surface area (Å²) in [5, 5.41) is 13.0. The third-order valence-electron chi connectivity index (χ3n) is 6.21. The molecule has 9 nitrogen and oxygen atoms in total. The molecule has 0 radical (unpaired) electrons. The molecule has 0 aliphatic heterocycles. The van der Waals surface area contributed by atoms with Gasteiger partial charge >= 0.3 is 0 Å². The Morgan fingerprint density at radius 2 is 2.03 bits per heavy atom. The Labute approximate surface area is 210 Å². The maximum absolute atomic E-state index is 13.3. The summed E-state index contributed by atoms with van der Waals surface area (Å²) in [6, 6.07) is 3.46. The van der Waals surface area contributed by atoms with E-state index in [2.05, 4.69) is 25.3 Å². The first-order valence-electron chi connectivity index (χ1n) is 11.2. The molecule has 11 heteroatoms. The molecule has 2 atom stereocenters. The quantitative estimate of drug-likeness (QED) is 0.359. The second-order valence-electron chi connectivity index (χ2n) is 8.53. The molecule has 0 spiro atoms. The number of aryl methyl sites for hydroxylation is 1. The summed E-state index contributed by atoms with van der Waals surface area (Å²) < 4.78 is 5.44. The molecule has 0 bridgehead atoms. The molecule has 1 aliphatic rings. The van der Waals surface area contributed by atoms with Crippen LogP contribution in [0.15, 0.2) is 30.7 Å². The highest BCUT2D eigenvalue weighted by atomic mass is 35.5. The van der Waals surface area contributed by atoms with Crippen molar-refractivity contribution in [3.05, 3.63) is 52.8 Å². The fraction of sp³-hybridized carbons (Fsp3) is 0.333. The normalized spacial score (nSPS) is 17.6. The lowest BCUT2D eigenvalue weighted by atomic mass is 10.0. The van der Waals surface area contributed by atoms with Crippen molar-refractivity contribution in [2.45, 2.75) is 32.1 Å². The van der Waals surface area contributed by atoms with Gasteiger partial charge in [0.05, 0.1) is 30.8 Å². The van der Waals surface area contributed by atoms with E-state index in [0.717, 1.165) is 30.7 Å². The van der Waals surface area contributed by atoms with E-state index >= 15 is 0 Å². The van der Waals surface area contributed by atoms with Crippen LogP contribution in [0.25, 0.3) is 21.6 Å². The van der Waals surface area contributed by atoms with E-state index in [1.165, 1.54) is 30.8 Å². The van der Waals surface area contributed by atoms with Crippen LogP contribution in [-0.4, -0.2) is 49.7 Å². The zero-order chi connectivity index (χ0) is 24.5. The van der Waals surface area contributed by atoms with Crippen LogP contribution in [0.4, 0.5) is 5.13 Å². The van der Waals surface area contributed by atoms with Gasteiger partial charge in [-0.3, -0.25) is 15.1 Å². The fourth-order valence-electron chi connectivity index (χ4n) is 4.41. The minimum atomic E-state index is -0.372. The van der Waals surface area contributed by atoms with Crippen LogP contribution in [0.3, 0.4) is 0 Å². The van der Waals surface area contributed by atoms with Crippen molar-refractivity contribution in [2.75, 3.05) is 19.0 Å². The number of hydrogen-bond donors (Lipinski definition) is 2. The van der Waals surface area contributed by atoms with E-state index in [9.17, 15) is 9.90 Å². The molecule has 4 heterocycles. The summed E-state index contributed by atoms with van der Waals surface area (Å²) in [6.07, 6.45) is 7.67. The van der Waals surface area contributed by atoms with Crippen LogP contribution in [0.1, 0.15) is 46.9 Å². The molecule has 1 fully saturated rings. The van der Waals surface area contributed by atoms with Gasteiger partial charge in [-0.15, -0.1) is 0 Å². The van der Waals surface area contributed by atoms with Gasteiger partial charge in [0.25, 0.3) is 5.91 Å². The number of halogens is 1. The van der Waals surface area contributed by atoms with Gasteiger partial charge < -0.3 is 9.84 Å². The largest absolute Gasteiger partial charge is 0.494 e. The molecule has 0 saturated heterocycles. The molecule has 1 aliphatic carbocycles. The molecule has 0 aromatic carbocycles. The summed E-state index contributed by atoms with van der Waals surface area (Å²) in [5.74, 6) is 0.723. The van der Waals surface area contributed by atoms with Crippen LogP contribution in [0.5, 0.6) is 5.75 Å². The topological polar surface area (TPSA) is 123 Å². The van der Waals surface area contributed by atoms with Gasteiger partial charge in [-0.2, -0.15) is 4.98 Å². The van der Waals surface area contributed by atoms with E-state index < -0.39 is 0 Å². The van der Waals surface area contributed by atoms with Crippen molar-refractivity contribution in [3.8, 4) is 16.9 Å².